The molecule has 1 N–H and O–H groups in total. The first-order valence-corrected chi connectivity index (χ1v) is 11.0. The van der Waals surface area contributed by atoms with Crippen molar-refractivity contribution in [1.82, 2.24) is 9.62 Å². The fourth-order valence-electron chi connectivity index (χ4n) is 1.84. The molecule has 1 amide bonds. The number of benzene rings is 1. The van der Waals surface area contributed by atoms with E-state index in [1.54, 1.807) is 13.8 Å². The molecule has 0 spiro atoms. The van der Waals surface area contributed by atoms with Gasteiger partial charge in [0.25, 0.3) is 0 Å². The third kappa shape index (κ3) is 5.27. The first-order valence-electron chi connectivity index (χ1n) is 6.80. The highest BCUT2D eigenvalue weighted by Gasteiger charge is 2.22. The summed E-state index contributed by atoms with van der Waals surface area (Å²) >= 11 is 3.09. The van der Waals surface area contributed by atoms with E-state index in [1.165, 1.54) is 17.0 Å². The van der Waals surface area contributed by atoms with E-state index in [0.717, 1.165) is 12.3 Å². The van der Waals surface area contributed by atoms with Crippen LogP contribution in [0.2, 0.25) is 0 Å². The summed E-state index contributed by atoms with van der Waals surface area (Å²) < 4.78 is 50.2. The van der Waals surface area contributed by atoms with E-state index in [2.05, 4.69) is 20.7 Å². The lowest BCUT2D eigenvalue weighted by molar-refractivity contribution is -0.129. The van der Waals surface area contributed by atoms with Gasteiger partial charge in [0, 0.05) is 23.8 Å². The minimum Gasteiger partial charge on any atom is -0.342 e. The van der Waals surface area contributed by atoms with Crippen LogP contribution in [0, 0.1) is 0 Å². The molecule has 0 bridgehead atoms. The number of halogens is 1. The van der Waals surface area contributed by atoms with Gasteiger partial charge in [-0.1, -0.05) is 0 Å². The van der Waals surface area contributed by atoms with Gasteiger partial charge in [0.05, 0.1) is 16.3 Å². The first-order chi connectivity index (χ1) is 10.5. The molecule has 0 atom stereocenters. The minimum atomic E-state index is -4.03. The molecule has 7 nitrogen and oxygen atoms in total. The molecule has 1 aromatic carbocycles. The standard InChI is InChI=1S/C13H19BrN2O5S2/c1-4-16(5-2)13(17)9-15-23(20,21)12-8-10(22(3,18)19)6-7-11(12)14/h6-8,15H,4-5,9H2,1-3H3. The summed E-state index contributed by atoms with van der Waals surface area (Å²) in [4.78, 5) is 13.0. The number of amides is 1. The van der Waals surface area contributed by atoms with Crippen molar-refractivity contribution in [2.24, 2.45) is 0 Å². The number of likely N-dealkylation sites (N-methyl/N-ethyl adjacent to an activating group) is 1. The zero-order chi connectivity index (χ0) is 17.8. The molecule has 23 heavy (non-hydrogen) atoms. The molecule has 0 saturated heterocycles. The molecule has 0 radical (unpaired) electrons. The summed E-state index contributed by atoms with van der Waals surface area (Å²) in [5.74, 6) is -0.353. The predicted octanol–water partition coefficient (Wildman–Crippen LogP) is 0.999. The highest BCUT2D eigenvalue weighted by Crippen LogP contribution is 2.25. The number of sulfone groups is 1. The Kier molecular flexibility index (Phi) is 6.75. The number of hydrogen-bond donors (Lipinski definition) is 1. The summed E-state index contributed by atoms with van der Waals surface area (Å²) in [6, 6.07) is 3.71. The number of nitrogens with zero attached hydrogens (tertiary/aromatic N) is 1. The van der Waals surface area contributed by atoms with Gasteiger partial charge in [-0.2, -0.15) is 0 Å². The van der Waals surface area contributed by atoms with E-state index in [1.807, 2.05) is 0 Å². The van der Waals surface area contributed by atoms with Crippen LogP contribution in [-0.2, 0) is 24.7 Å². The number of nitrogens with one attached hydrogen (secondary N) is 1. The molecule has 0 saturated carbocycles. The topological polar surface area (TPSA) is 101 Å². The Balaban J connectivity index is 3.08. The van der Waals surface area contributed by atoms with Crippen molar-refractivity contribution in [2.45, 2.75) is 23.6 Å². The predicted molar refractivity (Wildman–Crippen MR) is 90.4 cm³/mol. The molecule has 0 aliphatic carbocycles. The van der Waals surface area contributed by atoms with Gasteiger partial charge in [0.15, 0.2) is 9.84 Å². The number of hydrogen-bond acceptors (Lipinski definition) is 5. The van der Waals surface area contributed by atoms with Crippen LogP contribution in [0.1, 0.15) is 13.8 Å². The molecule has 1 aromatic rings. The van der Waals surface area contributed by atoms with Gasteiger partial charge >= 0.3 is 0 Å². The third-order valence-corrected chi connectivity index (χ3v) is 6.66. The van der Waals surface area contributed by atoms with Crippen molar-refractivity contribution in [3.8, 4) is 0 Å². The Morgan fingerprint density at radius 2 is 1.74 bits per heavy atom. The molecule has 0 unspecified atom stereocenters. The molecular weight excluding hydrogens is 408 g/mol. The van der Waals surface area contributed by atoms with Gasteiger partial charge in [0.1, 0.15) is 0 Å². The fourth-order valence-corrected chi connectivity index (χ4v) is 4.53. The monoisotopic (exact) mass is 426 g/mol. The molecule has 0 heterocycles. The smallest absolute Gasteiger partial charge is 0.242 e. The van der Waals surface area contributed by atoms with E-state index < -0.39 is 19.9 Å². The number of rotatable bonds is 7. The number of carbonyl (C=O) groups is 1. The van der Waals surface area contributed by atoms with E-state index in [-0.39, 0.29) is 26.7 Å². The maximum Gasteiger partial charge on any atom is 0.242 e. The Morgan fingerprint density at radius 3 is 2.22 bits per heavy atom. The zero-order valence-electron chi connectivity index (χ0n) is 13.0. The maximum absolute atomic E-state index is 12.3. The van der Waals surface area contributed by atoms with E-state index in [0.29, 0.717) is 13.1 Å². The summed E-state index contributed by atoms with van der Waals surface area (Å²) in [6.07, 6.45) is 0.990. The van der Waals surface area contributed by atoms with Crippen LogP contribution in [0.4, 0.5) is 0 Å². The molecular formula is C13H19BrN2O5S2. The van der Waals surface area contributed by atoms with Crippen LogP contribution in [0.25, 0.3) is 0 Å². The van der Waals surface area contributed by atoms with Gasteiger partial charge in [-0.05, 0) is 48.0 Å². The summed E-state index contributed by atoms with van der Waals surface area (Å²) in [5, 5.41) is 0. The highest BCUT2D eigenvalue weighted by molar-refractivity contribution is 9.10. The van der Waals surface area contributed by atoms with Gasteiger partial charge in [-0.15, -0.1) is 0 Å². The average Bonchev–Trinajstić information content (AvgIpc) is 2.45. The summed E-state index contributed by atoms with van der Waals surface area (Å²) in [6.45, 7) is 4.15. The maximum atomic E-state index is 12.3. The molecule has 0 aromatic heterocycles. The number of carbonyl (C=O) groups excluding carboxylic acids is 1. The zero-order valence-corrected chi connectivity index (χ0v) is 16.3. The second-order valence-electron chi connectivity index (χ2n) is 4.75. The molecule has 0 fully saturated rings. The lowest BCUT2D eigenvalue weighted by atomic mass is 10.4. The van der Waals surface area contributed by atoms with Crippen LogP contribution in [0.3, 0.4) is 0 Å². The largest absolute Gasteiger partial charge is 0.342 e. The van der Waals surface area contributed by atoms with Crippen molar-refractivity contribution >= 4 is 41.7 Å². The number of sulfonamides is 1. The lowest BCUT2D eigenvalue weighted by Gasteiger charge is -2.19. The Bertz CT molecular complexity index is 787. The normalized spacial score (nSPS) is 12.2. The van der Waals surface area contributed by atoms with Crippen LogP contribution in [-0.4, -0.2) is 53.5 Å². The van der Waals surface area contributed by atoms with Crippen LogP contribution in [0.15, 0.2) is 32.5 Å². The lowest BCUT2D eigenvalue weighted by Crippen LogP contribution is -2.40. The SMILES string of the molecule is CCN(CC)C(=O)CNS(=O)(=O)c1cc(S(C)(=O)=O)ccc1Br. The highest BCUT2D eigenvalue weighted by atomic mass is 79.9. The van der Waals surface area contributed by atoms with E-state index in [4.69, 9.17) is 0 Å². The van der Waals surface area contributed by atoms with Crippen molar-refractivity contribution < 1.29 is 21.6 Å². The van der Waals surface area contributed by atoms with Crippen LogP contribution in [0.5, 0.6) is 0 Å². The summed E-state index contributed by atoms with van der Waals surface area (Å²) in [7, 11) is -7.57. The molecule has 0 aliphatic rings. The second-order valence-corrected chi connectivity index (χ2v) is 9.36. The second kappa shape index (κ2) is 7.73. The van der Waals surface area contributed by atoms with E-state index in [9.17, 15) is 21.6 Å². The van der Waals surface area contributed by atoms with Gasteiger partial charge in [-0.3, -0.25) is 4.79 Å². The Labute approximate surface area is 145 Å². The quantitative estimate of drug-likeness (QED) is 0.700. The van der Waals surface area contributed by atoms with Crippen molar-refractivity contribution in [2.75, 3.05) is 25.9 Å². The molecule has 130 valence electrons. The molecule has 10 heteroatoms. The van der Waals surface area contributed by atoms with Crippen LogP contribution < -0.4 is 4.72 Å². The van der Waals surface area contributed by atoms with Gasteiger partial charge < -0.3 is 4.90 Å². The van der Waals surface area contributed by atoms with Crippen molar-refractivity contribution in [3.05, 3.63) is 22.7 Å². The first kappa shape index (κ1) is 20.1. The fraction of sp³-hybridized carbons (Fsp3) is 0.462. The average molecular weight is 427 g/mol. The minimum absolute atomic E-state index is 0.115. The summed E-state index contributed by atoms with van der Waals surface area (Å²) in [5.41, 5.74) is 0. The van der Waals surface area contributed by atoms with Crippen molar-refractivity contribution in [1.29, 1.82) is 0 Å². The van der Waals surface area contributed by atoms with Crippen LogP contribution >= 0.6 is 15.9 Å². The van der Waals surface area contributed by atoms with Gasteiger partial charge in [0.2, 0.25) is 15.9 Å². The van der Waals surface area contributed by atoms with Gasteiger partial charge in [-0.25, -0.2) is 21.6 Å². The van der Waals surface area contributed by atoms with Crippen molar-refractivity contribution in [3.63, 3.8) is 0 Å². The molecule has 1 rings (SSSR count). The Hall–Kier alpha value is -0.970. The third-order valence-electron chi connectivity index (χ3n) is 3.15. The van der Waals surface area contributed by atoms with E-state index >= 15 is 0 Å². The molecule has 0 aliphatic heterocycles. The Morgan fingerprint density at radius 1 is 1.17 bits per heavy atom.